The fourth-order valence-corrected chi connectivity index (χ4v) is 3.05. The zero-order chi connectivity index (χ0) is 21.6. The highest BCUT2D eigenvalue weighted by Gasteiger charge is 2.38. The molecule has 160 valence electrons. The fourth-order valence-electron chi connectivity index (χ4n) is 3.05. The second-order valence-electron chi connectivity index (χ2n) is 6.51. The number of aromatic nitrogens is 4. The van der Waals surface area contributed by atoms with Crippen LogP contribution in [0.25, 0.3) is 0 Å². The SMILES string of the molecule is C=CCOCC1c2c(ncn2C)CCN1Cc1nccn1C.O=C(O)C(F)(F)F. The first-order valence-electron chi connectivity index (χ1n) is 8.84. The molecule has 0 radical (unpaired) electrons. The number of carboxylic acids is 1. The Labute approximate surface area is 166 Å². The van der Waals surface area contributed by atoms with Crippen molar-refractivity contribution < 1.29 is 27.8 Å². The average Bonchev–Trinajstić information content (AvgIpc) is 3.22. The summed E-state index contributed by atoms with van der Waals surface area (Å²) in [4.78, 5) is 20.3. The molecule has 0 aliphatic carbocycles. The molecule has 0 bridgehead atoms. The van der Waals surface area contributed by atoms with E-state index in [-0.39, 0.29) is 6.04 Å². The number of hydrogen-bond acceptors (Lipinski definition) is 5. The van der Waals surface area contributed by atoms with Crippen LogP contribution in [0.1, 0.15) is 23.3 Å². The molecule has 1 atom stereocenters. The molecule has 0 aromatic carbocycles. The van der Waals surface area contributed by atoms with Gasteiger partial charge in [-0.15, -0.1) is 6.58 Å². The van der Waals surface area contributed by atoms with E-state index < -0.39 is 12.1 Å². The van der Waals surface area contributed by atoms with Gasteiger partial charge in [0.05, 0.1) is 43.5 Å². The average molecular weight is 415 g/mol. The number of aliphatic carboxylic acids is 1. The molecule has 0 amide bonds. The van der Waals surface area contributed by atoms with Crippen LogP contribution in [0.4, 0.5) is 13.2 Å². The Morgan fingerprint density at radius 3 is 2.62 bits per heavy atom. The Morgan fingerprint density at radius 1 is 1.38 bits per heavy atom. The highest BCUT2D eigenvalue weighted by molar-refractivity contribution is 5.73. The summed E-state index contributed by atoms with van der Waals surface area (Å²) in [6.45, 7) is 6.72. The summed E-state index contributed by atoms with van der Waals surface area (Å²) in [5.74, 6) is -1.69. The number of carboxylic acid groups (broad SMARTS) is 1. The van der Waals surface area contributed by atoms with E-state index in [1.54, 1.807) is 6.08 Å². The van der Waals surface area contributed by atoms with Crippen molar-refractivity contribution in [1.29, 1.82) is 0 Å². The smallest absolute Gasteiger partial charge is 0.475 e. The molecule has 0 saturated carbocycles. The van der Waals surface area contributed by atoms with Crippen LogP contribution < -0.4 is 0 Å². The number of halogens is 3. The summed E-state index contributed by atoms with van der Waals surface area (Å²) in [6, 6.07) is 0.202. The van der Waals surface area contributed by atoms with E-state index >= 15 is 0 Å². The largest absolute Gasteiger partial charge is 0.490 e. The van der Waals surface area contributed by atoms with Gasteiger partial charge in [-0.3, -0.25) is 4.90 Å². The third-order valence-electron chi connectivity index (χ3n) is 4.47. The summed E-state index contributed by atoms with van der Waals surface area (Å²) in [6.07, 6.45) is 3.40. The van der Waals surface area contributed by atoms with Crippen molar-refractivity contribution in [3.05, 3.63) is 48.6 Å². The molecular formula is C18H24F3N5O3. The summed E-state index contributed by atoms with van der Waals surface area (Å²) in [5, 5.41) is 7.12. The number of carbonyl (C=O) groups is 1. The maximum Gasteiger partial charge on any atom is 0.490 e. The minimum atomic E-state index is -5.08. The minimum absolute atomic E-state index is 0.202. The van der Waals surface area contributed by atoms with Crippen LogP contribution >= 0.6 is 0 Å². The zero-order valence-corrected chi connectivity index (χ0v) is 16.3. The molecule has 1 aliphatic heterocycles. The first-order valence-corrected chi connectivity index (χ1v) is 8.84. The lowest BCUT2D eigenvalue weighted by atomic mass is 10.0. The van der Waals surface area contributed by atoms with Crippen LogP contribution in [-0.4, -0.2) is 61.0 Å². The molecule has 29 heavy (non-hydrogen) atoms. The number of rotatable bonds is 6. The second-order valence-corrected chi connectivity index (χ2v) is 6.51. The van der Waals surface area contributed by atoms with Crippen molar-refractivity contribution in [3.8, 4) is 0 Å². The lowest BCUT2D eigenvalue weighted by molar-refractivity contribution is -0.192. The van der Waals surface area contributed by atoms with Gasteiger partial charge in [0.1, 0.15) is 5.82 Å². The molecule has 0 saturated heterocycles. The number of nitrogens with zero attached hydrogens (tertiary/aromatic N) is 5. The number of hydrogen-bond donors (Lipinski definition) is 1. The molecule has 1 N–H and O–H groups in total. The van der Waals surface area contributed by atoms with E-state index in [0.29, 0.717) is 13.2 Å². The van der Waals surface area contributed by atoms with Gasteiger partial charge in [-0.05, 0) is 0 Å². The quantitative estimate of drug-likeness (QED) is 0.575. The molecule has 8 nitrogen and oxygen atoms in total. The molecule has 0 fully saturated rings. The van der Waals surface area contributed by atoms with Gasteiger partial charge in [0.25, 0.3) is 0 Å². The van der Waals surface area contributed by atoms with E-state index in [2.05, 4.69) is 37.6 Å². The van der Waals surface area contributed by atoms with E-state index in [1.165, 1.54) is 11.4 Å². The third kappa shape index (κ3) is 5.91. The predicted molar refractivity (Wildman–Crippen MR) is 98.0 cm³/mol. The number of fused-ring (bicyclic) bond motifs is 1. The Morgan fingerprint density at radius 2 is 2.07 bits per heavy atom. The highest BCUT2D eigenvalue weighted by atomic mass is 19.4. The van der Waals surface area contributed by atoms with Gasteiger partial charge < -0.3 is 19.0 Å². The maximum atomic E-state index is 10.6. The summed E-state index contributed by atoms with van der Waals surface area (Å²) >= 11 is 0. The van der Waals surface area contributed by atoms with E-state index in [1.807, 2.05) is 25.8 Å². The topological polar surface area (TPSA) is 85.4 Å². The van der Waals surface area contributed by atoms with Gasteiger partial charge in [0, 0.05) is 39.5 Å². The lowest BCUT2D eigenvalue weighted by Gasteiger charge is -2.35. The van der Waals surface area contributed by atoms with Crippen LogP contribution in [0.5, 0.6) is 0 Å². The monoisotopic (exact) mass is 415 g/mol. The van der Waals surface area contributed by atoms with Crippen LogP contribution in [-0.2, 0) is 36.6 Å². The van der Waals surface area contributed by atoms with Crippen LogP contribution in [0.2, 0.25) is 0 Å². The van der Waals surface area contributed by atoms with Crippen molar-refractivity contribution in [1.82, 2.24) is 24.0 Å². The predicted octanol–water partition coefficient (Wildman–Crippen LogP) is 2.09. The van der Waals surface area contributed by atoms with Gasteiger partial charge in [-0.25, -0.2) is 14.8 Å². The van der Waals surface area contributed by atoms with E-state index in [4.69, 9.17) is 14.6 Å². The minimum Gasteiger partial charge on any atom is -0.475 e. The van der Waals surface area contributed by atoms with Crippen molar-refractivity contribution in [3.63, 3.8) is 0 Å². The van der Waals surface area contributed by atoms with Crippen molar-refractivity contribution in [2.75, 3.05) is 19.8 Å². The second kappa shape index (κ2) is 9.70. The molecule has 2 aromatic heterocycles. The van der Waals surface area contributed by atoms with Gasteiger partial charge in [0.15, 0.2) is 0 Å². The van der Waals surface area contributed by atoms with Crippen molar-refractivity contribution in [2.24, 2.45) is 14.1 Å². The van der Waals surface area contributed by atoms with Gasteiger partial charge in [0.2, 0.25) is 0 Å². The number of alkyl halides is 3. The Kier molecular flexibility index (Phi) is 7.57. The zero-order valence-electron chi connectivity index (χ0n) is 16.3. The number of ether oxygens (including phenoxy) is 1. The van der Waals surface area contributed by atoms with Crippen LogP contribution in [0.15, 0.2) is 31.4 Å². The molecular weight excluding hydrogens is 391 g/mol. The van der Waals surface area contributed by atoms with Gasteiger partial charge in [-0.1, -0.05) is 6.08 Å². The first kappa shape index (κ1) is 22.6. The van der Waals surface area contributed by atoms with Crippen molar-refractivity contribution in [2.45, 2.75) is 25.2 Å². The Balaban J connectivity index is 0.000000370. The normalized spacial score (nSPS) is 16.7. The maximum absolute atomic E-state index is 10.6. The standard InChI is InChI=1S/C16H23N5O.C2HF3O2/c1-4-9-22-11-14-16-13(18-12-20(16)3)5-7-21(14)10-15-17-6-8-19(15)2;3-2(4,5)1(6)7/h4,6,8,12,14H,1,5,7,9-11H2,2-3H3;(H,6,7). The molecule has 3 rings (SSSR count). The number of aryl methyl sites for hydroxylation is 2. The fraction of sp³-hybridized carbons (Fsp3) is 0.500. The van der Waals surface area contributed by atoms with Crippen LogP contribution in [0.3, 0.4) is 0 Å². The lowest BCUT2D eigenvalue weighted by Crippen LogP contribution is -2.39. The Bertz CT molecular complexity index is 831. The first-order chi connectivity index (χ1) is 13.6. The molecule has 2 aromatic rings. The van der Waals surface area contributed by atoms with E-state index in [9.17, 15) is 13.2 Å². The van der Waals surface area contributed by atoms with E-state index in [0.717, 1.165) is 25.3 Å². The molecule has 11 heteroatoms. The number of imidazole rings is 2. The molecule has 0 spiro atoms. The molecule has 3 heterocycles. The highest BCUT2D eigenvalue weighted by Crippen LogP contribution is 2.30. The molecule has 1 aliphatic rings. The van der Waals surface area contributed by atoms with Gasteiger partial charge >= 0.3 is 12.1 Å². The summed E-state index contributed by atoms with van der Waals surface area (Å²) in [5.41, 5.74) is 2.44. The summed E-state index contributed by atoms with van der Waals surface area (Å²) in [7, 11) is 4.08. The van der Waals surface area contributed by atoms with Crippen molar-refractivity contribution >= 4 is 5.97 Å². The Hall–Kier alpha value is -2.66. The van der Waals surface area contributed by atoms with Gasteiger partial charge in [-0.2, -0.15) is 13.2 Å². The van der Waals surface area contributed by atoms with Crippen LogP contribution in [0, 0.1) is 0 Å². The molecule has 1 unspecified atom stereocenters. The summed E-state index contributed by atoms with van der Waals surface area (Å²) < 4.78 is 41.7. The third-order valence-corrected chi connectivity index (χ3v) is 4.47.